The van der Waals surface area contributed by atoms with Crippen molar-refractivity contribution in [3.05, 3.63) is 34.3 Å². The molecule has 2 N–H and O–H groups in total. The molecule has 0 saturated carbocycles. The van der Waals surface area contributed by atoms with Gasteiger partial charge in [-0.25, -0.2) is 0 Å². The summed E-state index contributed by atoms with van der Waals surface area (Å²) in [6.07, 6.45) is 0.987. The number of hydrogen-bond donors (Lipinski definition) is 1. The highest BCUT2D eigenvalue weighted by Crippen LogP contribution is 2.28. The van der Waals surface area contributed by atoms with Gasteiger partial charge < -0.3 is 5.73 Å². The molecule has 1 aromatic carbocycles. The molecule has 0 radical (unpaired) electrons. The molecule has 0 fully saturated rings. The van der Waals surface area contributed by atoms with Crippen LogP contribution in [0.3, 0.4) is 0 Å². The fraction of sp³-hybridized carbons (Fsp3) is 0.600. The summed E-state index contributed by atoms with van der Waals surface area (Å²) >= 11 is 3.55. The van der Waals surface area contributed by atoms with Gasteiger partial charge in [0.2, 0.25) is 0 Å². The van der Waals surface area contributed by atoms with Gasteiger partial charge in [0.25, 0.3) is 0 Å². The summed E-state index contributed by atoms with van der Waals surface area (Å²) < 4.78 is 1.12. The first-order chi connectivity index (χ1) is 8.51. The van der Waals surface area contributed by atoms with Gasteiger partial charge in [-0.2, -0.15) is 0 Å². The van der Waals surface area contributed by atoms with E-state index in [9.17, 15) is 0 Å². The third kappa shape index (κ3) is 3.81. The molecule has 0 heterocycles. The Labute approximate surface area is 120 Å². The zero-order valence-electron chi connectivity index (χ0n) is 11.9. The highest BCUT2D eigenvalue weighted by atomic mass is 79.9. The molecule has 18 heavy (non-hydrogen) atoms. The summed E-state index contributed by atoms with van der Waals surface area (Å²) in [5, 5.41) is 0. The van der Waals surface area contributed by atoms with Crippen LogP contribution in [0, 0.1) is 0 Å². The number of hydrogen-bond acceptors (Lipinski definition) is 2. The van der Waals surface area contributed by atoms with Gasteiger partial charge in [-0.3, -0.25) is 4.90 Å². The average Bonchev–Trinajstić information content (AvgIpc) is 2.34. The lowest BCUT2D eigenvalue weighted by Crippen LogP contribution is -2.44. The Morgan fingerprint density at radius 1 is 1.28 bits per heavy atom. The number of rotatable bonds is 6. The van der Waals surface area contributed by atoms with Crippen LogP contribution < -0.4 is 5.73 Å². The molecule has 2 nitrogen and oxygen atoms in total. The third-order valence-corrected chi connectivity index (χ3v) is 3.95. The third-order valence-electron chi connectivity index (χ3n) is 3.45. The summed E-state index contributed by atoms with van der Waals surface area (Å²) in [5.74, 6) is 0. The number of nitrogens with two attached hydrogens (primary N) is 1. The zero-order chi connectivity index (χ0) is 13.7. The van der Waals surface area contributed by atoms with Crippen molar-refractivity contribution in [2.24, 2.45) is 5.73 Å². The molecule has 0 amide bonds. The van der Waals surface area contributed by atoms with E-state index in [2.05, 4.69) is 72.8 Å². The molecule has 0 spiro atoms. The molecule has 0 aliphatic carbocycles. The van der Waals surface area contributed by atoms with Crippen LogP contribution in [-0.4, -0.2) is 23.5 Å². The second-order valence-corrected chi connectivity index (χ2v) is 5.91. The highest BCUT2D eigenvalue weighted by Gasteiger charge is 2.26. The van der Waals surface area contributed by atoms with Crippen molar-refractivity contribution < 1.29 is 0 Å². The molecular formula is C15H25BrN2. The first-order valence-electron chi connectivity index (χ1n) is 6.78. The van der Waals surface area contributed by atoms with Crippen LogP contribution in [0.15, 0.2) is 28.7 Å². The zero-order valence-corrected chi connectivity index (χ0v) is 13.4. The van der Waals surface area contributed by atoms with Crippen molar-refractivity contribution in [1.29, 1.82) is 0 Å². The maximum atomic E-state index is 6.36. The lowest BCUT2D eigenvalue weighted by Gasteiger charge is -2.37. The Balaban J connectivity index is 3.12. The summed E-state index contributed by atoms with van der Waals surface area (Å²) in [6, 6.07) is 9.46. The minimum atomic E-state index is 0.168. The van der Waals surface area contributed by atoms with Gasteiger partial charge in [0.1, 0.15) is 0 Å². The Hall–Kier alpha value is -0.380. The van der Waals surface area contributed by atoms with Crippen molar-refractivity contribution >= 4 is 15.9 Å². The van der Waals surface area contributed by atoms with Crippen LogP contribution in [0.2, 0.25) is 0 Å². The molecule has 0 saturated heterocycles. The van der Waals surface area contributed by atoms with Gasteiger partial charge >= 0.3 is 0 Å². The predicted molar refractivity (Wildman–Crippen MR) is 82.7 cm³/mol. The molecular weight excluding hydrogens is 288 g/mol. The first-order valence-corrected chi connectivity index (χ1v) is 7.57. The minimum absolute atomic E-state index is 0.168. The van der Waals surface area contributed by atoms with Gasteiger partial charge in [0, 0.05) is 16.6 Å². The van der Waals surface area contributed by atoms with Gasteiger partial charge in [0.15, 0.2) is 0 Å². The highest BCUT2D eigenvalue weighted by molar-refractivity contribution is 9.10. The minimum Gasteiger partial charge on any atom is -0.326 e. The number of benzene rings is 1. The predicted octanol–water partition coefficient (Wildman–Crippen LogP) is 3.96. The fourth-order valence-electron chi connectivity index (χ4n) is 2.48. The first kappa shape index (κ1) is 15.7. The van der Waals surface area contributed by atoms with E-state index in [-0.39, 0.29) is 12.1 Å². The van der Waals surface area contributed by atoms with Crippen LogP contribution in [0.1, 0.15) is 45.7 Å². The summed E-state index contributed by atoms with van der Waals surface area (Å²) in [4.78, 5) is 2.47. The van der Waals surface area contributed by atoms with Crippen molar-refractivity contribution in [2.45, 2.75) is 52.2 Å². The molecule has 1 rings (SSSR count). The van der Waals surface area contributed by atoms with Crippen LogP contribution >= 0.6 is 15.9 Å². The standard InChI is InChI=1S/C15H25BrN2/c1-5-14(17)15(18(6-2)11(3)4)12-8-7-9-13(16)10-12/h7-11,14-15H,5-6,17H2,1-4H3. The van der Waals surface area contributed by atoms with E-state index in [1.807, 2.05) is 0 Å². The van der Waals surface area contributed by atoms with E-state index in [0.29, 0.717) is 6.04 Å². The molecule has 3 heteroatoms. The number of halogens is 1. The van der Waals surface area contributed by atoms with Gasteiger partial charge in [-0.15, -0.1) is 0 Å². The molecule has 102 valence electrons. The Morgan fingerprint density at radius 2 is 1.94 bits per heavy atom. The summed E-state index contributed by atoms with van der Waals surface area (Å²) in [6.45, 7) is 9.84. The van der Waals surface area contributed by atoms with Crippen molar-refractivity contribution in [1.82, 2.24) is 4.90 Å². The molecule has 1 aromatic rings. The topological polar surface area (TPSA) is 29.3 Å². The summed E-state index contributed by atoms with van der Waals surface area (Å²) in [7, 11) is 0. The van der Waals surface area contributed by atoms with Crippen molar-refractivity contribution in [2.75, 3.05) is 6.54 Å². The molecule has 2 atom stereocenters. The normalized spacial score (nSPS) is 15.1. The van der Waals surface area contributed by atoms with Gasteiger partial charge in [-0.1, -0.05) is 41.9 Å². The number of likely N-dealkylation sites (N-methyl/N-ethyl adjacent to an activating group) is 1. The monoisotopic (exact) mass is 312 g/mol. The van der Waals surface area contributed by atoms with E-state index in [1.165, 1.54) is 5.56 Å². The largest absolute Gasteiger partial charge is 0.326 e. The molecule has 2 unspecified atom stereocenters. The van der Waals surface area contributed by atoms with Crippen molar-refractivity contribution in [3.8, 4) is 0 Å². The van der Waals surface area contributed by atoms with Crippen LogP contribution in [-0.2, 0) is 0 Å². The smallest absolute Gasteiger partial charge is 0.0502 e. The average molecular weight is 313 g/mol. The molecule has 0 bridgehead atoms. The van der Waals surface area contributed by atoms with Crippen molar-refractivity contribution in [3.63, 3.8) is 0 Å². The van der Waals surface area contributed by atoms with Crippen LogP contribution in [0.25, 0.3) is 0 Å². The Bertz CT molecular complexity index is 365. The SMILES string of the molecule is CCC(N)C(c1cccc(Br)c1)N(CC)C(C)C. The van der Waals surface area contributed by atoms with E-state index < -0.39 is 0 Å². The van der Waals surface area contributed by atoms with E-state index in [0.717, 1.165) is 17.4 Å². The van der Waals surface area contributed by atoms with E-state index >= 15 is 0 Å². The van der Waals surface area contributed by atoms with Crippen LogP contribution in [0.5, 0.6) is 0 Å². The lowest BCUT2D eigenvalue weighted by atomic mass is 9.95. The molecule has 0 aromatic heterocycles. The lowest BCUT2D eigenvalue weighted by molar-refractivity contribution is 0.138. The second kappa shape index (κ2) is 7.27. The maximum Gasteiger partial charge on any atom is 0.0502 e. The van der Waals surface area contributed by atoms with E-state index in [4.69, 9.17) is 5.73 Å². The summed E-state index contributed by atoms with van der Waals surface area (Å²) in [5.41, 5.74) is 7.66. The van der Waals surface area contributed by atoms with Crippen LogP contribution in [0.4, 0.5) is 0 Å². The fourth-order valence-corrected chi connectivity index (χ4v) is 2.90. The van der Waals surface area contributed by atoms with E-state index in [1.54, 1.807) is 0 Å². The Morgan fingerprint density at radius 3 is 2.39 bits per heavy atom. The molecule has 0 aliphatic rings. The molecule has 0 aliphatic heterocycles. The van der Waals surface area contributed by atoms with Gasteiger partial charge in [0.05, 0.1) is 6.04 Å². The number of nitrogens with zero attached hydrogens (tertiary/aromatic N) is 1. The van der Waals surface area contributed by atoms with Gasteiger partial charge in [-0.05, 0) is 44.5 Å². The maximum absolute atomic E-state index is 6.36. The second-order valence-electron chi connectivity index (χ2n) is 5.00. The quantitative estimate of drug-likeness (QED) is 0.861. The Kier molecular flexibility index (Phi) is 6.33.